The lowest BCUT2D eigenvalue weighted by molar-refractivity contribution is 0.353. The molecule has 2 fully saturated rings. The molecular weight excluding hydrogens is 390 g/mol. The normalized spacial score (nSPS) is 22.5. The molecule has 5 rings (SSSR count). The number of aryl methyl sites for hydroxylation is 1. The molecule has 31 heavy (non-hydrogen) atoms. The fraction of sp³-hybridized carbons (Fsp3) is 0.375. The zero-order chi connectivity index (χ0) is 21.5. The Labute approximate surface area is 181 Å². The Morgan fingerprint density at radius 3 is 2.42 bits per heavy atom. The molecule has 3 aromatic rings. The van der Waals surface area contributed by atoms with E-state index in [1.165, 1.54) is 23.5 Å². The number of aromatic hydroxyl groups is 1. The summed E-state index contributed by atoms with van der Waals surface area (Å²) < 4.78 is 1.52. The van der Waals surface area contributed by atoms with Gasteiger partial charge >= 0.3 is 0 Å². The van der Waals surface area contributed by atoms with Crippen LogP contribution in [0.1, 0.15) is 25.7 Å². The van der Waals surface area contributed by atoms with Gasteiger partial charge in [0.05, 0.1) is 5.69 Å². The SMILES string of the molecule is CN(c1ccc(-c2ccc(-c3ccc(=O)n(C)c3)cc2O)nn1)C1CC2CCC(C1)N2. The van der Waals surface area contributed by atoms with Crippen LogP contribution in [0.3, 0.4) is 0 Å². The van der Waals surface area contributed by atoms with Gasteiger partial charge in [0.2, 0.25) is 5.56 Å². The maximum atomic E-state index is 11.6. The number of aromatic nitrogens is 3. The number of nitrogens with zero attached hydrogens (tertiary/aromatic N) is 4. The highest BCUT2D eigenvalue weighted by atomic mass is 16.3. The van der Waals surface area contributed by atoms with Gasteiger partial charge in [-0.15, -0.1) is 10.2 Å². The monoisotopic (exact) mass is 417 g/mol. The molecule has 2 atom stereocenters. The minimum absolute atomic E-state index is 0.0675. The smallest absolute Gasteiger partial charge is 0.250 e. The molecule has 0 radical (unpaired) electrons. The second-order valence-electron chi connectivity index (χ2n) is 8.75. The summed E-state index contributed by atoms with van der Waals surface area (Å²) in [7, 11) is 3.81. The molecule has 2 aromatic heterocycles. The zero-order valence-corrected chi connectivity index (χ0v) is 17.8. The van der Waals surface area contributed by atoms with Crippen LogP contribution in [0.2, 0.25) is 0 Å². The van der Waals surface area contributed by atoms with Crippen LogP contribution < -0.4 is 15.8 Å². The Bertz CT molecular complexity index is 1150. The maximum absolute atomic E-state index is 11.6. The minimum Gasteiger partial charge on any atom is -0.507 e. The Kier molecular flexibility index (Phi) is 4.98. The average Bonchev–Trinajstić information content (AvgIpc) is 3.12. The summed E-state index contributed by atoms with van der Waals surface area (Å²) in [5.41, 5.74) is 2.90. The second-order valence-corrected chi connectivity index (χ2v) is 8.75. The van der Waals surface area contributed by atoms with Crippen molar-refractivity contribution >= 4 is 5.82 Å². The molecule has 0 saturated carbocycles. The molecule has 160 valence electrons. The van der Waals surface area contributed by atoms with Crippen molar-refractivity contribution < 1.29 is 5.11 Å². The van der Waals surface area contributed by atoms with E-state index in [2.05, 4.69) is 27.5 Å². The summed E-state index contributed by atoms with van der Waals surface area (Å²) in [6, 6.07) is 14.4. The number of anilines is 1. The molecule has 1 aromatic carbocycles. The quantitative estimate of drug-likeness (QED) is 0.679. The molecule has 7 nitrogen and oxygen atoms in total. The van der Waals surface area contributed by atoms with E-state index in [0.29, 0.717) is 29.4 Å². The molecule has 2 aliphatic rings. The van der Waals surface area contributed by atoms with Crippen molar-refractivity contribution in [3.05, 3.63) is 59.0 Å². The number of rotatable bonds is 4. The molecule has 0 spiro atoms. The summed E-state index contributed by atoms with van der Waals surface area (Å²) in [5.74, 6) is 0.994. The first-order chi connectivity index (χ1) is 15.0. The lowest BCUT2D eigenvalue weighted by Crippen LogP contribution is -2.47. The third-order valence-electron chi connectivity index (χ3n) is 6.70. The van der Waals surface area contributed by atoms with E-state index in [0.717, 1.165) is 29.8 Å². The van der Waals surface area contributed by atoms with Crippen molar-refractivity contribution in [1.82, 2.24) is 20.1 Å². The van der Waals surface area contributed by atoms with Crippen molar-refractivity contribution in [1.29, 1.82) is 0 Å². The number of phenols is 1. The Morgan fingerprint density at radius 2 is 1.77 bits per heavy atom. The molecule has 0 aliphatic carbocycles. The van der Waals surface area contributed by atoms with Gasteiger partial charge in [0.25, 0.3) is 0 Å². The van der Waals surface area contributed by atoms with Gasteiger partial charge in [0, 0.05) is 50.0 Å². The van der Waals surface area contributed by atoms with Crippen molar-refractivity contribution in [2.45, 2.75) is 43.8 Å². The highest BCUT2D eigenvalue weighted by Crippen LogP contribution is 2.34. The number of pyridine rings is 1. The predicted octanol–water partition coefficient (Wildman–Crippen LogP) is 2.93. The molecule has 2 unspecified atom stereocenters. The van der Waals surface area contributed by atoms with Crippen LogP contribution in [-0.4, -0.2) is 45.0 Å². The van der Waals surface area contributed by atoms with Crippen LogP contribution in [0.5, 0.6) is 5.75 Å². The fourth-order valence-corrected chi connectivity index (χ4v) is 4.88. The lowest BCUT2D eigenvalue weighted by atomic mass is 9.98. The van der Waals surface area contributed by atoms with Gasteiger partial charge in [0.15, 0.2) is 5.82 Å². The third kappa shape index (κ3) is 3.81. The second kappa shape index (κ2) is 7.81. The van der Waals surface area contributed by atoms with Gasteiger partial charge in [-0.3, -0.25) is 4.79 Å². The van der Waals surface area contributed by atoms with E-state index in [1.807, 2.05) is 24.3 Å². The number of phenolic OH excluding ortho intramolecular Hbond substituents is 1. The Morgan fingerprint density at radius 1 is 1.03 bits per heavy atom. The van der Waals surface area contributed by atoms with E-state index in [9.17, 15) is 9.90 Å². The molecular formula is C24H27N5O2. The lowest BCUT2D eigenvalue weighted by Gasteiger charge is -2.36. The highest BCUT2D eigenvalue weighted by molar-refractivity contribution is 5.74. The number of hydrogen-bond donors (Lipinski definition) is 2. The standard InChI is InChI=1S/C24H27N5O2/c1-28-14-16(4-10-24(28)31)15-3-7-20(22(30)11-15)21-8-9-23(27-26-21)29(2)19-12-17-5-6-18(13-19)25-17/h3-4,7-11,14,17-19,25,30H,5-6,12-13H2,1-2H3. The predicted molar refractivity (Wildman–Crippen MR) is 121 cm³/mol. The van der Waals surface area contributed by atoms with Crippen molar-refractivity contribution in [2.24, 2.45) is 7.05 Å². The number of hydrogen-bond acceptors (Lipinski definition) is 6. The van der Waals surface area contributed by atoms with Gasteiger partial charge < -0.3 is 19.9 Å². The van der Waals surface area contributed by atoms with E-state index in [4.69, 9.17) is 0 Å². The first kappa shape index (κ1) is 19.8. The van der Waals surface area contributed by atoms with Crippen molar-refractivity contribution in [2.75, 3.05) is 11.9 Å². The molecule has 2 saturated heterocycles. The van der Waals surface area contributed by atoms with Gasteiger partial charge in [-0.1, -0.05) is 6.07 Å². The summed E-state index contributed by atoms with van der Waals surface area (Å²) >= 11 is 0. The van der Waals surface area contributed by atoms with Crippen LogP contribution >= 0.6 is 0 Å². The highest BCUT2D eigenvalue weighted by Gasteiger charge is 2.35. The first-order valence-corrected chi connectivity index (χ1v) is 10.8. The first-order valence-electron chi connectivity index (χ1n) is 10.8. The maximum Gasteiger partial charge on any atom is 0.250 e. The van der Waals surface area contributed by atoms with Crippen LogP contribution in [0.25, 0.3) is 22.4 Å². The number of piperidine rings is 1. The average molecular weight is 418 g/mol. The number of benzene rings is 1. The largest absolute Gasteiger partial charge is 0.507 e. The molecule has 2 N–H and O–H groups in total. The van der Waals surface area contributed by atoms with Crippen LogP contribution in [0.15, 0.2) is 53.5 Å². The van der Waals surface area contributed by atoms with Crippen molar-refractivity contribution in [3.8, 4) is 28.1 Å². The number of nitrogens with one attached hydrogen (secondary N) is 1. The topological polar surface area (TPSA) is 83.3 Å². The van der Waals surface area contributed by atoms with Crippen LogP contribution in [0, 0.1) is 0 Å². The molecule has 2 aliphatic heterocycles. The summed E-state index contributed by atoms with van der Waals surface area (Å²) in [4.78, 5) is 13.9. The van der Waals surface area contributed by atoms with E-state index >= 15 is 0 Å². The zero-order valence-electron chi connectivity index (χ0n) is 17.8. The van der Waals surface area contributed by atoms with Gasteiger partial charge in [-0.05, 0) is 67.1 Å². The summed E-state index contributed by atoms with van der Waals surface area (Å²) in [6.07, 6.45) is 6.59. The molecule has 0 amide bonds. The van der Waals surface area contributed by atoms with Crippen LogP contribution in [-0.2, 0) is 7.05 Å². The summed E-state index contributed by atoms with van der Waals surface area (Å²) in [6.45, 7) is 0. The Balaban J connectivity index is 1.35. The molecule has 2 bridgehead atoms. The molecule has 7 heteroatoms. The van der Waals surface area contributed by atoms with Gasteiger partial charge in [-0.25, -0.2) is 0 Å². The Hall–Kier alpha value is -3.19. The van der Waals surface area contributed by atoms with E-state index in [1.54, 1.807) is 25.4 Å². The van der Waals surface area contributed by atoms with Gasteiger partial charge in [0.1, 0.15) is 5.75 Å². The van der Waals surface area contributed by atoms with E-state index in [-0.39, 0.29) is 11.3 Å². The van der Waals surface area contributed by atoms with Gasteiger partial charge in [-0.2, -0.15) is 0 Å². The molecule has 4 heterocycles. The van der Waals surface area contributed by atoms with E-state index < -0.39 is 0 Å². The summed E-state index contributed by atoms with van der Waals surface area (Å²) in [5, 5.41) is 23.1. The van der Waals surface area contributed by atoms with Crippen LogP contribution in [0.4, 0.5) is 5.82 Å². The third-order valence-corrected chi connectivity index (χ3v) is 6.70. The fourth-order valence-electron chi connectivity index (χ4n) is 4.88. The van der Waals surface area contributed by atoms with Crippen molar-refractivity contribution in [3.63, 3.8) is 0 Å². The minimum atomic E-state index is -0.0675. The number of fused-ring (bicyclic) bond motifs is 2.